The minimum absolute atomic E-state index is 0.161. The molecular formula is C22H22N2O5S. The number of hydrogen-bond acceptors (Lipinski definition) is 6. The average molecular weight is 426 g/mol. The van der Waals surface area contributed by atoms with E-state index in [4.69, 9.17) is 9.47 Å². The Hall–Kier alpha value is -2.84. The van der Waals surface area contributed by atoms with Crippen molar-refractivity contribution < 1.29 is 23.9 Å². The van der Waals surface area contributed by atoms with E-state index in [2.05, 4.69) is 0 Å². The SMILES string of the molecule is O=C(CN1C(=O)CSc2ccccc21)OC(C(=O)N1CCOCC1)c1ccccc1. The normalized spacial score (nSPS) is 17.3. The van der Waals surface area contributed by atoms with Crippen molar-refractivity contribution in [3.63, 3.8) is 0 Å². The molecular weight excluding hydrogens is 404 g/mol. The number of thioether (sulfide) groups is 1. The Labute approximate surface area is 178 Å². The number of rotatable bonds is 5. The van der Waals surface area contributed by atoms with Crippen LogP contribution in [0.25, 0.3) is 0 Å². The molecule has 0 spiro atoms. The van der Waals surface area contributed by atoms with Gasteiger partial charge in [-0.15, -0.1) is 11.8 Å². The highest BCUT2D eigenvalue weighted by atomic mass is 32.2. The van der Waals surface area contributed by atoms with Crippen LogP contribution in [0.5, 0.6) is 0 Å². The van der Waals surface area contributed by atoms with Gasteiger partial charge in [-0.3, -0.25) is 19.3 Å². The molecule has 1 unspecified atom stereocenters. The molecule has 30 heavy (non-hydrogen) atoms. The maximum Gasteiger partial charge on any atom is 0.327 e. The van der Waals surface area contributed by atoms with E-state index in [0.29, 0.717) is 37.6 Å². The van der Waals surface area contributed by atoms with E-state index in [1.165, 1.54) is 16.7 Å². The van der Waals surface area contributed by atoms with Gasteiger partial charge in [0.1, 0.15) is 6.54 Å². The summed E-state index contributed by atoms with van der Waals surface area (Å²) >= 11 is 1.45. The van der Waals surface area contributed by atoms with E-state index in [-0.39, 0.29) is 24.1 Å². The van der Waals surface area contributed by atoms with E-state index >= 15 is 0 Å². The highest BCUT2D eigenvalue weighted by molar-refractivity contribution is 8.00. The standard InChI is InChI=1S/C22H22N2O5S/c25-19-15-30-18-9-5-4-8-17(18)24(19)14-20(26)29-21(16-6-2-1-3-7-16)22(27)23-10-12-28-13-11-23/h1-9,21H,10-15H2. The summed E-state index contributed by atoms with van der Waals surface area (Å²) in [5, 5.41) is 0. The molecule has 1 fully saturated rings. The first-order valence-corrected chi connectivity index (χ1v) is 10.7. The molecule has 2 amide bonds. The minimum Gasteiger partial charge on any atom is -0.446 e. The maximum atomic E-state index is 13.1. The van der Waals surface area contributed by atoms with Gasteiger partial charge in [-0.2, -0.15) is 0 Å². The van der Waals surface area contributed by atoms with Crippen LogP contribution in [-0.2, 0) is 23.9 Å². The lowest BCUT2D eigenvalue weighted by Crippen LogP contribution is -2.45. The van der Waals surface area contributed by atoms with Crippen molar-refractivity contribution in [1.82, 2.24) is 4.90 Å². The molecule has 4 rings (SSSR count). The molecule has 1 saturated heterocycles. The van der Waals surface area contributed by atoms with Crippen molar-refractivity contribution in [1.29, 1.82) is 0 Å². The van der Waals surface area contributed by atoms with Gasteiger partial charge in [0.2, 0.25) is 12.0 Å². The lowest BCUT2D eigenvalue weighted by Gasteiger charge is -2.31. The van der Waals surface area contributed by atoms with Gasteiger partial charge in [0.15, 0.2) is 0 Å². The van der Waals surface area contributed by atoms with Crippen LogP contribution >= 0.6 is 11.8 Å². The van der Waals surface area contributed by atoms with Crippen LogP contribution in [0.15, 0.2) is 59.5 Å². The van der Waals surface area contributed by atoms with E-state index in [1.54, 1.807) is 35.2 Å². The number of benzene rings is 2. The quantitative estimate of drug-likeness (QED) is 0.683. The fourth-order valence-electron chi connectivity index (χ4n) is 3.46. The molecule has 8 heteroatoms. The second kappa shape index (κ2) is 9.32. The highest BCUT2D eigenvalue weighted by Crippen LogP contribution is 2.35. The molecule has 0 aromatic heterocycles. The summed E-state index contributed by atoms with van der Waals surface area (Å²) in [5.41, 5.74) is 1.29. The second-order valence-electron chi connectivity index (χ2n) is 6.95. The van der Waals surface area contributed by atoms with E-state index < -0.39 is 12.1 Å². The van der Waals surface area contributed by atoms with Crippen molar-refractivity contribution in [2.45, 2.75) is 11.0 Å². The zero-order chi connectivity index (χ0) is 20.9. The lowest BCUT2D eigenvalue weighted by atomic mass is 10.1. The Balaban J connectivity index is 1.52. The van der Waals surface area contributed by atoms with Gasteiger partial charge in [-0.1, -0.05) is 42.5 Å². The number of esters is 1. The number of para-hydroxylation sites is 1. The summed E-state index contributed by atoms with van der Waals surface area (Å²) in [4.78, 5) is 42.4. The maximum absolute atomic E-state index is 13.1. The van der Waals surface area contributed by atoms with Gasteiger partial charge >= 0.3 is 5.97 Å². The molecule has 7 nitrogen and oxygen atoms in total. The molecule has 0 radical (unpaired) electrons. The Kier molecular flexibility index (Phi) is 6.35. The molecule has 2 aliphatic heterocycles. The predicted octanol–water partition coefficient (Wildman–Crippen LogP) is 2.27. The van der Waals surface area contributed by atoms with Gasteiger partial charge in [0.05, 0.1) is 24.7 Å². The molecule has 2 aromatic carbocycles. The lowest BCUT2D eigenvalue weighted by molar-refractivity contribution is -0.162. The van der Waals surface area contributed by atoms with Crippen LogP contribution in [0.4, 0.5) is 5.69 Å². The number of hydrogen-bond donors (Lipinski definition) is 0. The van der Waals surface area contributed by atoms with Crippen molar-refractivity contribution in [2.24, 2.45) is 0 Å². The fraction of sp³-hybridized carbons (Fsp3) is 0.318. The zero-order valence-corrected chi connectivity index (χ0v) is 17.2. The first kappa shape index (κ1) is 20.4. The molecule has 2 aliphatic rings. The second-order valence-corrected chi connectivity index (χ2v) is 7.97. The number of amides is 2. The van der Waals surface area contributed by atoms with Crippen molar-refractivity contribution >= 4 is 35.2 Å². The third-order valence-corrected chi connectivity index (χ3v) is 6.04. The van der Waals surface area contributed by atoms with Crippen LogP contribution in [0.3, 0.4) is 0 Å². The van der Waals surface area contributed by atoms with Crippen molar-refractivity contribution in [3.8, 4) is 0 Å². The third-order valence-electron chi connectivity index (χ3n) is 4.99. The molecule has 0 bridgehead atoms. The number of nitrogens with zero attached hydrogens (tertiary/aromatic N) is 2. The van der Waals surface area contributed by atoms with Gasteiger partial charge in [-0.25, -0.2) is 0 Å². The Bertz CT molecular complexity index is 930. The van der Waals surface area contributed by atoms with Gasteiger partial charge in [0, 0.05) is 23.5 Å². The van der Waals surface area contributed by atoms with Crippen LogP contribution in [0.2, 0.25) is 0 Å². The third kappa shape index (κ3) is 4.49. The summed E-state index contributed by atoms with van der Waals surface area (Å²) < 4.78 is 11.0. The Morgan fingerprint density at radius 2 is 1.73 bits per heavy atom. The number of ether oxygens (including phenoxy) is 2. The average Bonchev–Trinajstić information content (AvgIpc) is 2.80. The monoisotopic (exact) mass is 426 g/mol. The van der Waals surface area contributed by atoms with Crippen LogP contribution < -0.4 is 4.90 Å². The van der Waals surface area contributed by atoms with Gasteiger partial charge in [-0.05, 0) is 12.1 Å². The van der Waals surface area contributed by atoms with E-state index in [1.807, 2.05) is 24.3 Å². The predicted molar refractivity (Wildman–Crippen MR) is 112 cm³/mol. The first-order valence-electron chi connectivity index (χ1n) is 9.76. The number of morpholine rings is 1. The van der Waals surface area contributed by atoms with E-state index in [0.717, 1.165) is 4.90 Å². The summed E-state index contributed by atoms with van der Waals surface area (Å²) in [5.74, 6) is -0.801. The summed E-state index contributed by atoms with van der Waals surface area (Å²) in [6.45, 7) is 1.58. The summed E-state index contributed by atoms with van der Waals surface area (Å²) in [6, 6.07) is 16.4. The summed E-state index contributed by atoms with van der Waals surface area (Å²) in [6.07, 6.45) is -1.05. The van der Waals surface area contributed by atoms with Gasteiger partial charge in [0.25, 0.3) is 5.91 Å². The number of carbonyl (C=O) groups excluding carboxylic acids is 3. The smallest absolute Gasteiger partial charge is 0.327 e. The van der Waals surface area contributed by atoms with E-state index in [9.17, 15) is 14.4 Å². The highest BCUT2D eigenvalue weighted by Gasteiger charge is 2.32. The largest absolute Gasteiger partial charge is 0.446 e. The molecule has 156 valence electrons. The molecule has 1 atom stereocenters. The van der Waals surface area contributed by atoms with Crippen LogP contribution in [0, 0.1) is 0 Å². The first-order chi connectivity index (χ1) is 14.6. The number of carbonyl (C=O) groups is 3. The van der Waals surface area contributed by atoms with Crippen LogP contribution in [-0.4, -0.2) is 61.3 Å². The molecule has 0 saturated carbocycles. The summed E-state index contributed by atoms with van der Waals surface area (Å²) in [7, 11) is 0. The Morgan fingerprint density at radius 1 is 1.03 bits per heavy atom. The molecule has 0 aliphatic carbocycles. The van der Waals surface area contributed by atoms with Gasteiger partial charge < -0.3 is 14.4 Å². The molecule has 0 N–H and O–H groups in total. The number of anilines is 1. The molecule has 2 aromatic rings. The number of fused-ring (bicyclic) bond motifs is 1. The fourth-order valence-corrected chi connectivity index (χ4v) is 4.40. The van der Waals surface area contributed by atoms with Crippen LogP contribution in [0.1, 0.15) is 11.7 Å². The van der Waals surface area contributed by atoms with Crippen molar-refractivity contribution in [3.05, 3.63) is 60.2 Å². The minimum atomic E-state index is -1.05. The Morgan fingerprint density at radius 3 is 2.50 bits per heavy atom. The topological polar surface area (TPSA) is 76.2 Å². The zero-order valence-electron chi connectivity index (χ0n) is 16.4. The van der Waals surface area contributed by atoms with Crippen molar-refractivity contribution in [2.75, 3.05) is 43.5 Å². The molecule has 2 heterocycles.